The van der Waals surface area contributed by atoms with Crippen LogP contribution in [-0.4, -0.2) is 58.8 Å². The average Bonchev–Trinajstić information content (AvgIpc) is 2.89. The molecule has 2 rings (SSSR count). The Kier molecular flexibility index (Phi) is 5.58. The van der Waals surface area contributed by atoms with Crippen LogP contribution in [0.25, 0.3) is 0 Å². The van der Waals surface area contributed by atoms with Gasteiger partial charge in [0.1, 0.15) is 0 Å². The molecule has 0 unspecified atom stereocenters. The van der Waals surface area contributed by atoms with Gasteiger partial charge in [0.15, 0.2) is 0 Å². The van der Waals surface area contributed by atoms with Crippen molar-refractivity contribution in [3.05, 3.63) is 17.5 Å². The van der Waals surface area contributed by atoms with Gasteiger partial charge in [-0.1, -0.05) is 0 Å². The normalized spacial score (nSPS) is 20.3. The molecule has 1 aromatic heterocycles. The average molecular weight is 335 g/mol. The Morgan fingerprint density at radius 3 is 2.62 bits per heavy atom. The highest BCUT2D eigenvalue weighted by Gasteiger charge is 2.26. The second-order valence-electron chi connectivity index (χ2n) is 8.16. The number of amides is 2. The van der Waals surface area contributed by atoms with Crippen LogP contribution in [0.4, 0.5) is 4.79 Å². The predicted octanol–water partition coefficient (Wildman–Crippen LogP) is 2.74. The van der Waals surface area contributed by atoms with Gasteiger partial charge in [-0.25, -0.2) is 4.79 Å². The third kappa shape index (κ3) is 4.29. The van der Waals surface area contributed by atoms with Gasteiger partial charge in [-0.2, -0.15) is 5.10 Å². The van der Waals surface area contributed by atoms with Crippen molar-refractivity contribution >= 4 is 6.03 Å². The van der Waals surface area contributed by atoms with Crippen LogP contribution in [0.1, 0.15) is 57.8 Å². The van der Waals surface area contributed by atoms with Crippen molar-refractivity contribution in [1.29, 1.82) is 0 Å². The van der Waals surface area contributed by atoms with Gasteiger partial charge in [-0.05, 0) is 61.6 Å². The first-order valence-electron chi connectivity index (χ1n) is 8.88. The molecule has 0 saturated carbocycles. The zero-order valence-corrected chi connectivity index (χ0v) is 16.3. The van der Waals surface area contributed by atoms with Crippen LogP contribution in [0.3, 0.4) is 0 Å². The molecule has 1 N–H and O–H groups in total. The molecular formula is C18H33N5O. The minimum Gasteiger partial charge on any atom is -0.331 e. The second kappa shape index (κ2) is 7.13. The Balaban J connectivity index is 2.02. The van der Waals surface area contributed by atoms with Crippen LogP contribution in [0.15, 0.2) is 6.20 Å². The summed E-state index contributed by atoms with van der Waals surface area (Å²) >= 11 is 0. The first-order valence-corrected chi connectivity index (χ1v) is 8.88. The standard InChI is InChI=1S/C18H33N5O/c1-13(16-12-23(18(3,4)5)20-14(16)2)19-17(24)22-10-8-9-15(11-22)21(6)7/h12-13,15H,8-11H2,1-7H3,(H,19,24)/t13-,15-/m1/s1. The van der Waals surface area contributed by atoms with Gasteiger partial charge in [0.05, 0.1) is 17.3 Å². The maximum absolute atomic E-state index is 12.6. The number of nitrogens with zero attached hydrogens (tertiary/aromatic N) is 4. The summed E-state index contributed by atoms with van der Waals surface area (Å²) in [6, 6.07) is 0.426. The lowest BCUT2D eigenvalue weighted by Crippen LogP contribution is -2.51. The fraction of sp³-hybridized carbons (Fsp3) is 0.778. The summed E-state index contributed by atoms with van der Waals surface area (Å²) in [5, 5.41) is 7.75. The van der Waals surface area contributed by atoms with E-state index in [1.165, 1.54) is 0 Å². The molecule has 1 aromatic rings. The lowest BCUT2D eigenvalue weighted by Gasteiger charge is -2.36. The number of rotatable bonds is 3. The summed E-state index contributed by atoms with van der Waals surface area (Å²) in [5.74, 6) is 0. The molecule has 1 aliphatic heterocycles. The Bertz CT molecular complexity index is 572. The molecule has 6 heteroatoms. The van der Waals surface area contributed by atoms with E-state index in [4.69, 9.17) is 0 Å². The number of nitrogens with one attached hydrogen (secondary N) is 1. The van der Waals surface area contributed by atoms with Gasteiger partial charge in [-0.3, -0.25) is 4.68 Å². The van der Waals surface area contributed by atoms with E-state index in [1.807, 2.05) is 23.4 Å². The molecule has 0 spiro atoms. The number of hydrogen-bond donors (Lipinski definition) is 1. The minimum absolute atomic E-state index is 0.0250. The van der Waals surface area contributed by atoms with Crippen LogP contribution in [0.2, 0.25) is 0 Å². The Morgan fingerprint density at radius 1 is 1.42 bits per heavy atom. The first kappa shape index (κ1) is 18.8. The molecule has 0 aliphatic carbocycles. The largest absolute Gasteiger partial charge is 0.331 e. The fourth-order valence-electron chi connectivity index (χ4n) is 3.16. The maximum atomic E-state index is 12.6. The maximum Gasteiger partial charge on any atom is 0.317 e. The first-order chi connectivity index (χ1) is 11.1. The van der Waals surface area contributed by atoms with Gasteiger partial charge in [0.2, 0.25) is 0 Å². The van der Waals surface area contributed by atoms with Crippen molar-refractivity contribution < 1.29 is 4.79 Å². The molecule has 2 atom stereocenters. The van der Waals surface area contributed by atoms with Crippen molar-refractivity contribution in [2.24, 2.45) is 0 Å². The highest BCUT2D eigenvalue weighted by molar-refractivity contribution is 5.74. The fourth-order valence-corrected chi connectivity index (χ4v) is 3.16. The number of piperidine rings is 1. The highest BCUT2D eigenvalue weighted by atomic mass is 16.2. The molecule has 1 aliphatic rings. The number of urea groups is 1. The molecular weight excluding hydrogens is 302 g/mol. The molecule has 6 nitrogen and oxygen atoms in total. The molecule has 136 valence electrons. The smallest absolute Gasteiger partial charge is 0.317 e. The molecule has 24 heavy (non-hydrogen) atoms. The van der Waals surface area contributed by atoms with Crippen molar-refractivity contribution in [2.45, 2.75) is 65.1 Å². The summed E-state index contributed by atoms with van der Waals surface area (Å²) in [6.07, 6.45) is 4.27. The number of carbonyl (C=O) groups is 1. The Hall–Kier alpha value is -1.56. The van der Waals surface area contributed by atoms with Crippen LogP contribution in [-0.2, 0) is 5.54 Å². The Morgan fingerprint density at radius 2 is 2.08 bits per heavy atom. The van der Waals surface area contributed by atoms with Gasteiger partial charge >= 0.3 is 6.03 Å². The summed E-state index contributed by atoms with van der Waals surface area (Å²) in [5.41, 5.74) is 2.00. The minimum atomic E-state index is -0.0570. The molecule has 0 radical (unpaired) electrons. The van der Waals surface area contributed by atoms with Crippen molar-refractivity contribution in [2.75, 3.05) is 27.2 Å². The molecule has 2 amide bonds. The highest BCUT2D eigenvalue weighted by Crippen LogP contribution is 2.22. The van der Waals surface area contributed by atoms with E-state index in [0.717, 1.165) is 37.2 Å². The van der Waals surface area contributed by atoms with Crippen molar-refractivity contribution in [3.8, 4) is 0 Å². The van der Waals surface area contributed by atoms with E-state index in [0.29, 0.717) is 6.04 Å². The van der Waals surface area contributed by atoms with E-state index >= 15 is 0 Å². The summed E-state index contributed by atoms with van der Waals surface area (Å²) in [6.45, 7) is 12.0. The van der Waals surface area contributed by atoms with Gasteiger partial charge in [0.25, 0.3) is 0 Å². The number of aromatic nitrogens is 2. The second-order valence-corrected chi connectivity index (χ2v) is 8.16. The lowest BCUT2D eigenvalue weighted by molar-refractivity contribution is 0.138. The van der Waals surface area contributed by atoms with E-state index in [2.05, 4.69) is 56.4 Å². The number of aryl methyl sites for hydroxylation is 1. The quantitative estimate of drug-likeness (QED) is 0.924. The summed E-state index contributed by atoms with van der Waals surface area (Å²) in [7, 11) is 4.16. The topological polar surface area (TPSA) is 53.4 Å². The van der Waals surface area contributed by atoms with Crippen molar-refractivity contribution in [3.63, 3.8) is 0 Å². The SMILES string of the molecule is Cc1nn(C(C)(C)C)cc1[C@@H](C)NC(=O)N1CCC[C@@H](N(C)C)C1. The Labute approximate surface area is 146 Å². The van der Waals surface area contributed by atoms with E-state index in [-0.39, 0.29) is 17.6 Å². The van der Waals surface area contributed by atoms with Crippen LogP contribution in [0, 0.1) is 6.92 Å². The zero-order chi connectivity index (χ0) is 18.1. The van der Waals surface area contributed by atoms with E-state index < -0.39 is 0 Å². The third-order valence-corrected chi connectivity index (χ3v) is 4.84. The van der Waals surface area contributed by atoms with E-state index in [9.17, 15) is 4.79 Å². The van der Waals surface area contributed by atoms with Gasteiger partial charge in [0, 0.05) is 30.9 Å². The predicted molar refractivity (Wildman–Crippen MR) is 97.2 cm³/mol. The van der Waals surface area contributed by atoms with E-state index in [1.54, 1.807) is 0 Å². The lowest BCUT2D eigenvalue weighted by atomic mass is 10.1. The third-order valence-electron chi connectivity index (χ3n) is 4.84. The van der Waals surface area contributed by atoms with Gasteiger partial charge < -0.3 is 15.1 Å². The summed E-state index contributed by atoms with van der Waals surface area (Å²) in [4.78, 5) is 16.8. The van der Waals surface area contributed by atoms with Crippen LogP contribution >= 0.6 is 0 Å². The summed E-state index contributed by atoms with van der Waals surface area (Å²) < 4.78 is 1.98. The monoisotopic (exact) mass is 335 g/mol. The number of hydrogen-bond acceptors (Lipinski definition) is 3. The molecule has 0 aromatic carbocycles. The molecule has 0 bridgehead atoms. The molecule has 2 heterocycles. The van der Waals surface area contributed by atoms with Crippen LogP contribution in [0.5, 0.6) is 0 Å². The van der Waals surface area contributed by atoms with Gasteiger partial charge in [-0.15, -0.1) is 0 Å². The van der Waals surface area contributed by atoms with Crippen LogP contribution < -0.4 is 5.32 Å². The number of carbonyl (C=O) groups excluding carboxylic acids is 1. The van der Waals surface area contributed by atoms with Crippen molar-refractivity contribution in [1.82, 2.24) is 24.9 Å². The molecule has 1 saturated heterocycles. The number of likely N-dealkylation sites (tertiary alicyclic amines) is 1. The number of likely N-dealkylation sites (N-methyl/N-ethyl adjacent to an activating group) is 1. The molecule has 1 fully saturated rings. The zero-order valence-electron chi connectivity index (χ0n) is 16.3.